The second-order valence-corrected chi connectivity index (χ2v) is 17.3. The molecule has 8 aromatic rings. The van der Waals surface area contributed by atoms with E-state index in [0.717, 1.165) is 39.6 Å². The monoisotopic (exact) mass is 877 g/mol. The van der Waals surface area contributed by atoms with Crippen LogP contribution in [0.25, 0.3) is 27.6 Å². The van der Waals surface area contributed by atoms with E-state index in [1.54, 1.807) is 0 Å². The van der Waals surface area contributed by atoms with E-state index < -0.39 is 27.9 Å². The van der Waals surface area contributed by atoms with Crippen LogP contribution in [0.5, 0.6) is 0 Å². The molecule has 54 heavy (non-hydrogen) atoms. The van der Waals surface area contributed by atoms with Gasteiger partial charge in [0.1, 0.15) is 0 Å². The zero-order valence-corrected chi connectivity index (χ0v) is 32.2. The number of nitrogens with zero attached hydrogens (tertiary/aromatic N) is 4. The molecule has 0 saturated heterocycles. The molecule has 1 unspecified atom stereocenters. The van der Waals surface area contributed by atoms with Crippen LogP contribution in [-0.4, -0.2) is 18.1 Å². The standard InChI is InChI=1S/C47H36N6.Ir/c1-46(33-16-5-3-6-17-33,51-31-48-38-21-10-13-24-41(38)51)35-28-29-37-36-20-9-12-23-40(36)53(43(37)30-35)45-27-15-26-44(50-45)47(2,34-18-7-4-8-19-34)52-32-49-39-22-11-14-25-42(39)52;/h3-30,48-49H,1-2H3;/t46?,47-;/m0./s1. The summed E-state index contributed by atoms with van der Waals surface area (Å²) in [4.78, 5) is 10.8. The van der Waals surface area contributed by atoms with Crippen LogP contribution in [0.3, 0.4) is 0 Å². The SMILES string of the molecule is CC1(c2ccccc2)c2ccc3c4ccccc4n(c3c2)-c2cccc(n2)[C@](C)(c2ccccc2)N2[C](=[Ir]=[C]3Nc4ccccc4N31)Nc1ccccc12. The molecule has 11 rings (SSSR count). The molecular weight excluding hydrogens is 841 g/mol. The zero-order chi connectivity index (χ0) is 36.0. The van der Waals surface area contributed by atoms with Gasteiger partial charge in [-0.15, -0.1) is 0 Å². The maximum atomic E-state index is 5.68. The van der Waals surface area contributed by atoms with Crippen LogP contribution in [0.2, 0.25) is 0 Å². The van der Waals surface area contributed by atoms with Crippen LogP contribution in [0.15, 0.2) is 170 Å². The molecule has 0 radical (unpaired) electrons. The first-order chi connectivity index (χ1) is 26.5. The first-order valence-electron chi connectivity index (χ1n) is 18.3. The summed E-state index contributed by atoms with van der Waals surface area (Å²) < 4.78 is 4.79. The van der Waals surface area contributed by atoms with Crippen LogP contribution < -0.4 is 20.4 Å². The predicted molar refractivity (Wildman–Crippen MR) is 219 cm³/mol. The van der Waals surface area contributed by atoms with Gasteiger partial charge in [0.25, 0.3) is 0 Å². The van der Waals surface area contributed by atoms with E-state index in [1.165, 1.54) is 41.7 Å². The third-order valence-corrected chi connectivity index (χ3v) is 14.4. The van der Waals surface area contributed by atoms with Crippen molar-refractivity contribution in [1.82, 2.24) is 9.55 Å². The summed E-state index contributed by atoms with van der Waals surface area (Å²) in [5.74, 6) is 0.898. The average Bonchev–Trinajstić information content (AvgIpc) is 3.90. The number of benzene rings is 6. The molecule has 3 aliphatic rings. The first-order valence-corrected chi connectivity index (χ1v) is 20.7. The van der Waals surface area contributed by atoms with E-state index in [1.807, 2.05) is 0 Å². The molecule has 5 heterocycles. The molecular formula is C47H36IrN6. The van der Waals surface area contributed by atoms with Crippen molar-refractivity contribution in [2.75, 3.05) is 20.4 Å². The Hall–Kier alpha value is -6.14. The van der Waals surface area contributed by atoms with Crippen molar-refractivity contribution in [3.05, 3.63) is 192 Å². The van der Waals surface area contributed by atoms with Gasteiger partial charge in [-0.1, -0.05) is 0 Å². The van der Waals surface area contributed by atoms with Crippen LogP contribution in [-0.2, 0) is 27.9 Å². The van der Waals surface area contributed by atoms with E-state index in [4.69, 9.17) is 4.98 Å². The molecule has 2 atom stereocenters. The van der Waals surface area contributed by atoms with Gasteiger partial charge >= 0.3 is 323 Å². The summed E-state index contributed by atoms with van der Waals surface area (Å²) in [6.45, 7) is 4.73. The Labute approximate surface area is 321 Å². The summed E-state index contributed by atoms with van der Waals surface area (Å²) in [5.41, 5.74) is 10.2. The summed E-state index contributed by atoms with van der Waals surface area (Å²) in [7, 11) is 0. The minimum atomic E-state index is -1.07. The number of pyridine rings is 1. The number of hydrogen-bond acceptors (Lipinski definition) is 5. The van der Waals surface area contributed by atoms with E-state index in [0.29, 0.717) is 0 Å². The van der Waals surface area contributed by atoms with Crippen molar-refractivity contribution in [3.8, 4) is 5.82 Å². The number of fused-ring (bicyclic) bond motifs is 13. The zero-order valence-electron chi connectivity index (χ0n) is 29.8. The number of anilines is 4. The fraction of sp³-hybridized carbons (Fsp3) is 0.0851. The van der Waals surface area contributed by atoms with E-state index >= 15 is 0 Å². The molecule has 7 heteroatoms. The molecule has 0 amide bonds. The topological polar surface area (TPSA) is 48.4 Å². The third kappa shape index (κ3) is 4.34. The quantitative estimate of drug-likeness (QED) is 0.181. The summed E-state index contributed by atoms with van der Waals surface area (Å²) >= 11 is -1.07. The van der Waals surface area contributed by atoms with E-state index in [9.17, 15) is 0 Å². The van der Waals surface area contributed by atoms with Gasteiger partial charge in [-0.2, -0.15) is 0 Å². The normalized spacial score (nSPS) is 19.9. The molecule has 0 saturated carbocycles. The fourth-order valence-corrected chi connectivity index (χ4v) is 12.5. The Bertz CT molecular complexity index is 2880. The van der Waals surface area contributed by atoms with Crippen LogP contribution >= 0.6 is 0 Å². The fourth-order valence-electron chi connectivity index (χ4n) is 8.80. The molecule has 263 valence electrons. The second kappa shape index (κ2) is 11.7. The van der Waals surface area contributed by atoms with Crippen LogP contribution in [0.4, 0.5) is 22.7 Å². The van der Waals surface area contributed by atoms with Gasteiger partial charge in [0, 0.05) is 0 Å². The van der Waals surface area contributed by atoms with Crippen molar-refractivity contribution in [3.63, 3.8) is 0 Å². The third-order valence-electron chi connectivity index (χ3n) is 11.5. The molecule has 2 N–H and O–H groups in total. The Morgan fingerprint density at radius 3 is 1.72 bits per heavy atom. The van der Waals surface area contributed by atoms with Crippen molar-refractivity contribution in [2.45, 2.75) is 24.9 Å². The van der Waals surface area contributed by atoms with Crippen LogP contribution in [0, 0.1) is 0 Å². The second-order valence-electron chi connectivity index (χ2n) is 14.4. The van der Waals surface area contributed by atoms with Crippen molar-refractivity contribution < 1.29 is 16.8 Å². The Kier molecular flexibility index (Phi) is 6.79. The Balaban J connectivity index is 1.34. The molecule has 0 spiro atoms. The molecule has 6 nitrogen and oxygen atoms in total. The summed E-state index contributed by atoms with van der Waals surface area (Å²) in [6.07, 6.45) is 0. The minimum absolute atomic E-state index is 0.575. The van der Waals surface area contributed by atoms with E-state index in [-0.39, 0.29) is 0 Å². The number of nitrogens with one attached hydrogen (secondary N) is 2. The predicted octanol–water partition coefficient (Wildman–Crippen LogP) is 9.84. The van der Waals surface area contributed by atoms with Crippen molar-refractivity contribution in [1.29, 1.82) is 0 Å². The molecule has 0 aliphatic carbocycles. The Morgan fingerprint density at radius 1 is 0.481 bits per heavy atom. The van der Waals surface area contributed by atoms with Crippen LogP contribution in [0.1, 0.15) is 36.2 Å². The summed E-state index contributed by atoms with van der Waals surface area (Å²) in [5, 5.41) is 10.4. The molecule has 4 bridgehead atoms. The van der Waals surface area contributed by atoms with Gasteiger partial charge in [-0.05, 0) is 0 Å². The molecule has 3 aliphatic heterocycles. The van der Waals surface area contributed by atoms with E-state index in [2.05, 4.69) is 209 Å². The van der Waals surface area contributed by atoms with Gasteiger partial charge < -0.3 is 0 Å². The molecule has 2 aromatic heterocycles. The summed E-state index contributed by atoms with van der Waals surface area (Å²) in [6, 6.07) is 61.8. The average molecular weight is 877 g/mol. The number of para-hydroxylation sites is 5. The van der Waals surface area contributed by atoms with Gasteiger partial charge in [0.15, 0.2) is 0 Å². The van der Waals surface area contributed by atoms with Gasteiger partial charge in [0.05, 0.1) is 0 Å². The first kappa shape index (κ1) is 31.4. The Morgan fingerprint density at radius 2 is 1.04 bits per heavy atom. The number of hydrogen-bond donors (Lipinski definition) is 2. The maximum absolute atomic E-state index is 5.68. The van der Waals surface area contributed by atoms with Gasteiger partial charge in [-0.25, -0.2) is 0 Å². The van der Waals surface area contributed by atoms with Gasteiger partial charge in [-0.3, -0.25) is 0 Å². The molecule has 0 fully saturated rings. The van der Waals surface area contributed by atoms with Crippen molar-refractivity contribution >= 4 is 53.1 Å². The number of rotatable bonds is 2. The van der Waals surface area contributed by atoms with Gasteiger partial charge in [0.2, 0.25) is 0 Å². The number of aromatic nitrogens is 2. The van der Waals surface area contributed by atoms with Crippen molar-refractivity contribution in [2.24, 2.45) is 0 Å². The molecule has 6 aromatic carbocycles.